The first-order chi connectivity index (χ1) is 26.3. The van der Waals surface area contributed by atoms with Gasteiger partial charge in [-0.3, -0.25) is 0 Å². The van der Waals surface area contributed by atoms with Crippen molar-refractivity contribution in [3.8, 4) is 55.6 Å². The zero-order chi connectivity index (χ0) is 35.4. The molecule has 0 fully saturated rings. The second kappa shape index (κ2) is 14.3. The van der Waals surface area contributed by atoms with E-state index in [4.69, 9.17) is 0 Å². The fourth-order valence-corrected chi connectivity index (χ4v) is 7.55. The molecule has 0 saturated heterocycles. The maximum Gasteiger partial charge on any atom is 0.0540 e. The Morgan fingerprint density at radius 3 is 1.28 bits per heavy atom. The molecule has 0 aromatic heterocycles. The molecule has 0 aliphatic carbocycles. The fourth-order valence-electron chi connectivity index (χ4n) is 7.55. The van der Waals surface area contributed by atoms with Crippen LogP contribution in [0.25, 0.3) is 66.4 Å². The van der Waals surface area contributed by atoms with E-state index in [1.54, 1.807) is 0 Å². The fraction of sp³-hybridized carbons (Fsp3) is 0. The third-order valence-corrected chi connectivity index (χ3v) is 10.1. The summed E-state index contributed by atoms with van der Waals surface area (Å²) >= 11 is 0. The average Bonchev–Trinajstić information content (AvgIpc) is 3.25. The largest absolute Gasteiger partial charge is 0.309 e. The predicted molar refractivity (Wildman–Crippen MR) is 226 cm³/mol. The molecular weight excluding hydrogens is 639 g/mol. The van der Waals surface area contributed by atoms with E-state index in [2.05, 4.69) is 229 Å². The van der Waals surface area contributed by atoms with E-state index in [0.29, 0.717) is 0 Å². The first kappa shape index (κ1) is 32.0. The molecule has 250 valence electrons. The van der Waals surface area contributed by atoms with E-state index in [1.807, 2.05) is 0 Å². The lowest BCUT2D eigenvalue weighted by molar-refractivity contribution is 1.28. The molecule has 0 saturated carbocycles. The molecule has 0 unspecified atom stereocenters. The lowest BCUT2D eigenvalue weighted by Gasteiger charge is -2.30. The number of nitrogens with zero attached hydrogens (tertiary/aromatic N) is 1. The highest BCUT2D eigenvalue weighted by Gasteiger charge is 2.22. The van der Waals surface area contributed by atoms with Gasteiger partial charge in [0.05, 0.1) is 11.4 Å². The van der Waals surface area contributed by atoms with Crippen molar-refractivity contribution in [1.29, 1.82) is 0 Å². The maximum atomic E-state index is 2.43. The van der Waals surface area contributed by atoms with Gasteiger partial charge in [-0.15, -0.1) is 0 Å². The summed E-state index contributed by atoms with van der Waals surface area (Å²) in [5.74, 6) is 0. The molecule has 0 amide bonds. The van der Waals surface area contributed by atoms with Gasteiger partial charge < -0.3 is 4.90 Å². The van der Waals surface area contributed by atoms with Gasteiger partial charge in [-0.2, -0.15) is 0 Å². The van der Waals surface area contributed by atoms with Gasteiger partial charge in [-0.05, 0) is 85.6 Å². The molecule has 0 spiro atoms. The van der Waals surface area contributed by atoms with Crippen molar-refractivity contribution in [3.63, 3.8) is 0 Å². The zero-order valence-electron chi connectivity index (χ0n) is 29.3. The molecule has 0 aliphatic heterocycles. The maximum absolute atomic E-state index is 2.43. The summed E-state index contributed by atoms with van der Waals surface area (Å²) in [6.45, 7) is 0. The third-order valence-electron chi connectivity index (χ3n) is 10.1. The van der Waals surface area contributed by atoms with Crippen molar-refractivity contribution in [2.75, 3.05) is 4.90 Å². The van der Waals surface area contributed by atoms with Crippen LogP contribution in [0, 0.1) is 0 Å². The third kappa shape index (κ3) is 6.30. The average molecular weight is 676 g/mol. The summed E-state index contributed by atoms with van der Waals surface area (Å²) in [6.07, 6.45) is 0. The van der Waals surface area contributed by atoms with Crippen LogP contribution in [-0.2, 0) is 0 Å². The van der Waals surface area contributed by atoms with Crippen molar-refractivity contribution >= 4 is 27.8 Å². The summed E-state index contributed by atoms with van der Waals surface area (Å²) in [4.78, 5) is 2.43. The molecular formula is C52H37N. The topological polar surface area (TPSA) is 3.24 Å². The highest BCUT2D eigenvalue weighted by Crippen LogP contribution is 2.47. The monoisotopic (exact) mass is 675 g/mol. The summed E-state index contributed by atoms with van der Waals surface area (Å²) in [6, 6.07) is 80.8. The number of para-hydroxylation sites is 2. The van der Waals surface area contributed by atoms with Gasteiger partial charge >= 0.3 is 0 Å². The first-order valence-electron chi connectivity index (χ1n) is 18.2. The van der Waals surface area contributed by atoms with Crippen LogP contribution in [-0.4, -0.2) is 0 Å². The second-order valence-electron chi connectivity index (χ2n) is 13.3. The first-order valence-corrected chi connectivity index (χ1v) is 18.2. The molecule has 9 rings (SSSR count). The Morgan fingerprint density at radius 2 is 0.642 bits per heavy atom. The lowest BCUT2D eigenvalue weighted by Crippen LogP contribution is -2.12. The number of hydrogen-bond acceptors (Lipinski definition) is 1. The van der Waals surface area contributed by atoms with Gasteiger partial charge in [0.2, 0.25) is 0 Å². The van der Waals surface area contributed by atoms with E-state index < -0.39 is 0 Å². The second-order valence-corrected chi connectivity index (χ2v) is 13.3. The van der Waals surface area contributed by atoms with Crippen molar-refractivity contribution in [3.05, 3.63) is 224 Å². The molecule has 0 bridgehead atoms. The Hall–Kier alpha value is -6.96. The quantitative estimate of drug-likeness (QED) is 0.155. The summed E-state index contributed by atoms with van der Waals surface area (Å²) in [5.41, 5.74) is 15.2. The van der Waals surface area contributed by atoms with Crippen LogP contribution in [0.3, 0.4) is 0 Å². The molecule has 0 atom stereocenters. The van der Waals surface area contributed by atoms with E-state index in [1.165, 1.54) is 60.8 Å². The number of fused-ring (bicyclic) bond motifs is 1. The Labute approximate surface area is 311 Å². The van der Waals surface area contributed by atoms with Gasteiger partial charge in [0.1, 0.15) is 0 Å². The lowest BCUT2D eigenvalue weighted by atomic mass is 9.88. The van der Waals surface area contributed by atoms with Gasteiger partial charge in [0.25, 0.3) is 0 Å². The Kier molecular flexibility index (Phi) is 8.66. The molecule has 9 aromatic carbocycles. The Bertz CT molecular complexity index is 2660. The van der Waals surface area contributed by atoms with Crippen LogP contribution >= 0.6 is 0 Å². The molecule has 0 heterocycles. The summed E-state index contributed by atoms with van der Waals surface area (Å²) < 4.78 is 0. The number of benzene rings is 9. The zero-order valence-corrected chi connectivity index (χ0v) is 29.3. The van der Waals surface area contributed by atoms with Crippen molar-refractivity contribution < 1.29 is 0 Å². The van der Waals surface area contributed by atoms with Crippen molar-refractivity contribution in [1.82, 2.24) is 0 Å². The van der Waals surface area contributed by atoms with Crippen molar-refractivity contribution in [2.24, 2.45) is 0 Å². The van der Waals surface area contributed by atoms with E-state index in [-0.39, 0.29) is 0 Å². The molecule has 53 heavy (non-hydrogen) atoms. The van der Waals surface area contributed by atoms with Gasteiger partial charge in [0, 0.05) is 16.8 Å². The molecule has 9 aromatic rings. The van der Waals surface area contributed by atoms with Crippen LogP contribution in [0.15, 0.2) is 224 Å². The molecule has 1 nitrogen and oxygen atoms in total. The van der Waals surface area contributed by atoms with E-state index in [9.17, 15) is 0 Å². The summed E-state index contributed by atoms with van der Waals surface area (Å²) in [5, 5.41) is 2.49. The minimum absolute atomic E-state index is 1.09. The molecule has 0 N–H and O–H groups in total. The van der Waals surface area contributed by atoms with Gasteiger partial charge in [-0.25, -0.2) is 0 Å². The SMILES string of the molecule is c1ccc(-c2ccccc2-c2ccccc2-c2ccccc2N(c2ccc(-c3ccc4ccccc4c3)cc2)c2ccccc2-c2ccccc2)cc1. The number of anilines is 3. The van der Waals surface area contributed by atoms with Gasteiger partial charge in [-0.1, -0.05) is 194 Å². The highest BCUT2D eigenvalue weighted by atomic mass is 15.1. The predicted octanol–water partition coefficient (Wildman–Crippen LogP) is 14.6. The standard InChI is InChI=1S/C52H37N/c1-3-18-40(19-4-1)45-23-9-10-25-47(45)48-26-11-12-27-49(48)50-28-14-16-30-52(50)53(51-29-15-13-24-46(51)41-20-5-2-6-21-41)44-35-33-39(34-36-44)43-32-31-38-17-7-8-22-42(38)37-43/h1-37H. The Morgan fingerprint density at radius 1 is 0.226 bits per heavy atom. The van der Waals surface area contributed by atoms with E-state index in [0.717, 1.165) is 22.6 Å². The molecule has 0 radical (unpaired) electrons. The molecule has 1 heteroatoms. The Balaban J connectivity index is 1.23. The van der Waals surface area contributed by atoms with E-state index >= 15 is 0 Å². The molecule has 0 aliphatic rings. The van der Waals surface area contributed by atoms with Crippen LogP contribution in [0.4, 0.5) is 17.1 Å². The van der Waals surface area contributed by atoms with Crippen LogP contribution < -0.4 is 4.90 Å². The highest BCUT2D eigenvalue weighted by molar-refractivity contribution is 5.99. The van der Waals surface area contributed by atoms with Crippen molar-refractivity contribution in [2.45, 2.75) is 0 Å². The summed E-state index contributed by atoms with van der Waals surface area (Å²) in [7, 11) is 0. The van der Waals surface area contributed by atoms with Crippen LogP contribution in [0.2, 0.25) is 0 Å². The normalized spacial score (nSPS) is 11.0. The van der Waals surface area contributed by atoms with Crippen LogP contribution in [0.1, 0.15) is 0 Å². The minimum Gasteiger partial charge on any atom is -0.309 e. The smallest absolute Gasteiger partial charge is 0.0540 e. The number of rotatable bonds is 8. The van der Waals surface area contributed by atoms with Crippen LogP contribution in [0.5, 0.6) is 0 Å². The minimum atomic E-state index is 1.09. The number of hydrogen-bond donors (Lipinski definition) is 0. The van der Waals surface area contributed by atoms with Gasteiger partial charge in [0.15, 0.2) is 0 Å².